The number of carbonyl (C=O) groups excluding carboxylic acids is 1. The van der Waals surface area contributed by atoms with E-state index in [1.165, 1.54) is 5.56 Å². The number of benzene rings is 1. The van der Waals surface area contributed by atoms with Crippen molar-refractivity contribution in [2.24, 2.45) is 4.99 Å². The lowest BCUT2D eigenvalue weighted by Gasteiger charge is -2.22. The predicted molar refractivity (Wildman–Crippen MR) is 96.5 cm³/mol. The Kier molecular flexibility index (Phi) is 6.14. The number of ketones is 1. The van der Waals surface area contributed by atoms with Gasteiger partial charge in [0.15, 0.2) is 5.78 Å². The van der Waals surface area contributed by atoms with Gasteiger partial charge in [0.1, 0.15) is 11.5 Å². The van der Waals surface area contributed by atoms with Gasteiger partial charge in [-0.05, 0) is 37.3 Å². The monoisotopic (exact) mass is 312 g/mol. The fourth-order valence-electron chi connectivity index (χ4n) is 3.05. The summed E-state index contributed by atoms with van der Waals surface area (Å²) in [6.07, 6.45) is 4.30. The van der Waals surface area contributed by atoms with E-state index in [-0.39, 0.29) is 5.78 Å². The van der Waals surface area contributed by atoms with E-state index in [0.29, 0.717) is 18.2 Å². The Morgan fingerprint density at radius 2 is 1.96 bits per heavy atom. The quantitative estimate of drug-likeness (QED) is 0.699. The molecule has 1 saturated heterocycles. The molecule has 0 N–H and O–H groups in total. The molecule has 0 saturated carbocycles. The summed E-state index contributed by atoms with van der Waals surface area (Å²) in [6.45, 7) is 6.15. The Morgan fingerprint density at radius 1 is 1.26 bits per heavy atom. The third-order valence-corrected chi connectivity index (χ3v) is 4.62. The van der Waals surface area contributed by atoms with Crippen LogP contribution in [0.2, 0.25) is 0 Å². The highest BCUT2D eigenvalue weighted by Gasteiger charge is 2.28. The zero-order valence-electron chi connectivity index (χ0n) is 14.8. The van der Waals surface area contributed by atoms with Crippen LogP contribution in [0.1, 0.15) is 64.5 Å². The maximum absolute atomic E-state index is 12.4. The van der Waals surface area contributed by atoms with Crippen molar-refractivity contribution in [3.05, 3.63) is 47.2 Å². The minimum Gasteiger partial charge on any atom is -0.356 e. The Balaban J connectivity index is 2.26. The minimum absolute atomic E-state index is 0.177. The summed E-state index contributed by atoms with van der Waals surface area (Å²) in [6, 6.07) is 10.9. The number of allylic oxidation sites excluding steroid dienone is 2. The number of aliphatic imine (C=N–C) groups is 1. The van der Waals surface area contributed by atoms with E-state index in [2.05, 4.69) is 43.1 Å². The van der Waals surface area contributed by atoms with Crippen LogP contribution in [0.5, 0.6) is 0 Å². The smallest absolute Gasteiger partial charge is 0.181 e. The Labute approximate surface area is 140 Å². The van der Waals surface area contributed by atoms with Gasteiger partial charge < -0.3 is 4.90 Å². The largest absolute Gasteiger partial charge is 0.356 e. The number of nitrogens with zero attached hydrogens (tertiary/aromatic N) is 2. The number of Topliss-reactive ketones (excluding diaryl/α,β-unsaturated/α-hetero) is 1. The number of likely N-dealkylation sites (tertiary alicyclic amines) is 1. The Hall–Kier alpha value is -1.90. The van der Waals surface area contributed by atoms with E-state index in [4.69, 9.17) is 4.99 Å². The molecule has 0 aromatic heterocycles. The summed E-state index contributed by atoms with van der Waals surface area (Å²) < 4.78 is 0. The molecule has 1 aliphatic heterocycles. The standard InChI is InChI=1S/C20H28N2O/c1-5-10-18(23)20(15(3)6-2)21-19-14-13-17(22(19)4)16-11-8-7-9-12-16/h7-9,11-12,17H,5-6,10,13-14H2,1-4H3/b20-15-,21-19-. The van der Waals surface area contributed by atoms with Crippen molar-refractivity contribution >= 4 is 11.6 Å². The second-order valence-electron chi connectivity index (χ2n) is 6.26. The first-order valence-electron chi connectivity index (χ1n) is 8.66. The molecule has 1 fully saturated rings. The van der Waals surface area contributed by atoms with E-state index >= 15 is 0 Å². The van der Waals surface area contributed by atoms with E-state index < -0.39 is 0 Å². The molecule has 1 atom stereocenters. The molecule has 1 aromatic rings. The van der Waals surface area contributed by atoms with Crippen LogP contribution in [0.25, 0.3) is 0 Å². The summed E-state index contributed by atoms with van der Waals surface area (Å²) in [7, 11) is 2.09. The third kappa shape index (κ3) is 4.10. The van der Waals surface area contributed by atoms with Gasteiger partial charge in [-0.25, -0.2) is 4.99 Å². The number of carbonyl (C=O) groups is 1. The van der Waals surface area contributed by atoms with Crippen molar-refractivity contribution in [1.29, 1.82) is 0 Å². The van der Waals surface area contributed by atoms with E-state index in [0.717, 1.165) is 37.1 Å². The van der Waals surface area contributed by atoms with Crippen LogP contribution in [-0.4, -0.2) is 23.6 Å². The van der Waals surface area contributed by atoms with Crippen molar-refractivity contribution in [3.63, 3.8) is 0 Å². The summed E-state index contributed by atoms with van der Waals surface area (Å²) in [5.74, 6) is 1.21. The highest BCUT2D eigenvalue weighted by atomic mass is 16.1. The second kappa shape index (κ2) is 8.09. The Morgan fingerprint density at radius 3 is 2.57 bits per heavy atom. The molecule has 1 unspecified atom stereocenters. The average Bonchev–Trinajstić information content (AvgIpc) is 2.93. The van der Waals surface area contributed by atoms with Crippen molar-refractivity contribution in [1.82, 2.24) is 4.90 Å². The van der Waals surface area contributed by atoms with Crippen LogP contribution in [-0.2, 0) is 4.79 Å². The summed E-state index contributed by atoms with van der Waals surface area (Å²) >= 11 is 0. The van der Waals surface area contributed by atoms with Crippen molar-refractivity contribution in [2.45, 2.75) is 58.9 Å². The molecule has 23 heavy (non-hydrogen) atoms. The van der Waals surface area contributed by atoms with Gasteiger partial charge in [-0.2, -0.15) is 0 Å². The maximum atomic E-state index is 12.4. The van der Waals surface area contributed by atoms with E-state index in [9.17, 15) is 4.79 Å². The van der Waals surface area contributed by atoms with Crippen LogP contribution < -0.4 is 0 Å². The molecule has 3 nitrogen and oxygen atoms in total. The molecule has 0 aliphatic carbocycles. The first-order valence-corrected chi connectivity index (χ1v) is 8.66. The van der Waals surface area contributed by atoms with Crippen LogP contribution in [0.3, 0.4) is 0 Å². The maximum Gasteiger partial charge on any atom is 0.181 e. The van der Waals surface area contributed by atoms with Gasteiger partial charge in [0, 0.05) is 19.9 Å². The van der Waals surface area contributed by atoms with Gasteiger partial charge in [-0.3, -0.25) is 4.79 Å². The van der Waals surface area contributed by atoms with Crippen LogP contribution >= 0.6 is 0 Å². The molecular formula is C20H28N2O. The summed E-state index contributed by atoms with van der Waals surface area (Å²) in [5.41, 5.74) is 3.09. The molecule has 1 aromatic carbocycles. The average molecular weight is 312 g/mol. The number of rotatable bonds is 6. The zero-order chi connectivity index (χ0) is 16.8. The minimum atomic E-state index is 0.177. The van der Waals surface area contributed by atoms with Crippen molar-refractivity contribution < 1.29 is 4.79 Å². The molecule has 1 aliphatic rings. The highest BCUT2D eigenvalue weighted by Crippen LogP contribution is 2.32. The Bertz CT molecular complexity index is 601. The van der Waals surface area contributed by atoms with Gasteiger partial charge in [0.05, 0.1) is 6.04 Å². The second-order valence-corrected chi connectivity index (χ2v) is 6.26. The molecule has 0 bridgehead atoms. The van der Waals surface area contributed by atoms with E-state index in [1.807, 2.05) is 19.9 Å². The van der Waals surface area contributed by atoms with Gasteiger partial charge in [0.25, 0.3) is 0 Å². The number of hydrogen-bond acceptors (Lipinski definition) is 2. The van der Waals surface area contributed by atoms with Gasteiger partial charge >= 0.3 is 0 Å². The fourth-order valence-corrected chi connectivity index (χ4v) is 3.05. The normalized spacial score (nSPS) is 20.8. The molecule has 0 spiro atoms. The van der Waals surface area contributed by atoms with Crippen molar-refractivity contribution in [2.75, 3.05) is 7.05 Å². The molecular weight excluding hydrogens is 284 g/mol. The van der Waals surface area contributed by atoms with Gasteiger partial charge in [-0.1, -0.05) is 44.2 Å². The first kappa shape index (κ1) is 17.5. The third-order valence-electron chi connectivity index (χ3n) is 4.62. The molecule has 124 valence electrons. The number of hydrogen-bond donors (Lipinski definition) is 0. The van der Waals surface area contributed by atoms with E-state index in [1.54, 1.807) is 0 Å². The molecule has 0 radical (unpaired) electrons. The van der Waals surface area contributed by atoms with Crippen LogP contribution in [0, 0.1) is 0 Å². The topological polar surface area (TPSA) is 32.7 Å². The van der Waals surface area contributed by atoms with Gasteiger partial charge in [0.2, 0.25) is 0 Å². The lowest BCUT2D eigenvalue weighted by Crippen LogP contribution is -2.23. The molecule has 3 heteroatoms. The summed E-state index contributed by atoms with van der Waals surface area (Å²) in [5, 5.41) is 0. The zero-order valence-corrected chi connectivity index (χ0v) is 14.8. The molecule has 1 heterocycles. The van der Waals surface area contributed by atoms with Gasteiger partial charge in [-0.15, -0.1) is 0 Å². The fraction of sp³-hybridized carbons (Fsp3) is 0.500. The van der Waals surface area contributed by atoms with Crippen LogP contribution in [0.15, 0.2) is 46.6 Å². The number of amidine groups is 1. The highest BCUT2D eigenvalue weighted by molar-refractivity contribution is 5.99. The molecule has 2 rings (SSSR count). The predicted octanol–water partition coefficient (Wildman–Crippen LogP) is 4.91. The summed E-state index contributed by atoms with van der Waals surface area (Å²) in [4.78, 5) is 19.4. The molecule has 0 amide bonds. The SMILES string of the molecule is CCCC(=O)C(/N=C1/CCC(c2ccccc2)N1C)=C(\C)CC. The van der Waals surface area contributed by atoms with Crippen LogP contribution in [0.4, 0.5) is 0 Å². The lowest BCUT2D eigenvalue weighted by atomic mass is 10.1. The lowest BCUT2D eigenvalue weighted by molar-refractivity contribution is -0.115. The first-order chi connectivity index (χ1) is 11.1. The van der Waals surface area contributed by atoms with Crippen molar-refractivity contribution in [3.8, 4) is 0 Å².